The van der Waals surface area contributed by atoms with Crippen LogP contribution in [0, 0.1) is 6.92 Å². The molecule has 0 saturated heterocycles. The van der Waals surface area contributed by atoms with Gasteiger partial charge in [-0.1, -0.05) is 12.1 Å². The number of benzene rings is 2. The van der Waals surface area contributed by atoms with Crippen molar-refractivity contribution >= 4 is 17.7 Å². The Kier molecular flexibility index (Phi) is 7.36. The molecule has 2 aromatic carbocycles. The summed E-state index contributed by atoms with van der Waals surface area (Å²) in [5, 5.41) is 33.5. The summed E-state index contributed by atoms with van der Waals surface area (Å²) in [6, 6.07) is 7.40. The van der Waals surface area contributed by atoms with Crippen LogP contribution in [0.4, 0.5) is 0 Å². The Bertz CT molecular complexity index is 1430. The van der Waals surface area contributed by atoms with Gasteiger partial charge in [-0.05, 0) is 37.6 Å². The second-order valence-corrected chi connectivity index (χ2v) is 8.95. The average Bonchev–Trinajstić information content (AvgIpc) is 3.34. The van der Waals surface area contributed by atoms with Gasteiger partial charge in [0.1, 0.15) is 23.4 Å². The molecule has 10 nitrogen and oxygen atoms in total. The summed E-state index contributed by atoms with van der Waals surface area (Å²) in [6.07, 6.45) is 0.300. The highest BCUT2D eigenvalue weighted by molar-refractivity contribution is 5.98. The largest absolute Gasteiger partial charge is 0.507 e. The number of ether oxygens (including phenoxy) is 3. The van der Waals surface area contributed by atoms with Crippen molar-refractivity contribution in [3.05, 3.63) is 81.2 Å². The fraction of sp³-hybridized carbons (Fsp3) is 0.286. The lowest BCUT2D eigenvalue weighted by Gasteiger charge is -2.24. The zero-order valence-electron chi connectivity index (χ0n) is 21.3. The number of aromatic nitrogens is 1. The molecule has 1 aliphatic rings. The number of phenolic OH excluding ortho intramolecular Hbond substituents is 2. The molecule has 10 heteroatoms. The van der Waals surface area contributed by atoms with E-state index in [4.69, 9.17) is 14.2 Å². The van der Waals surface area contributed by atoms with Crippen LogP contribution in [0.5, 0.6) is 17.2 Å². The lowest BCUT2D eigenvalue weighted by Crippen LogP contribution is -2.14. The van der Waals surface area contributed by atoms with Gasteiger partial charge in [-0.2, -0.15) is 0 Å². The minimum atomic E-state index is -0.971. The maximum atomic E-state index is 12.6. The number of rotatable bonds is 7. The van der Waals surface area contributed by atoms with Gasteiger partial charge in [0, 0.05) is 34.4 Å². The summed E-state index contributed by atoms with van der Waals surface area (Å²) in [5.74, 6) is -3.68. The number of fused-ring (bicyclic) bond motifs is 1. The number of aryl methyl sites for hydroxylation is 1. The van der Waals surface area contributed by atoms with Crippen molar-refractivity contribution in [1.29, 1.82) is 0 Å². The molecule has 3 N–H and O–H groups in total. The summed E-state index contributed by atoms with van der Waals surface area (Å²) in [4.78, 5) is 41.0. The molecule has 1 aliphatic heterocycles. The second-order valence-electron chi connectivity index (χ2n) is 8.95. The van der Waals surface area contributed by atoms with Crippen molar-refractivity contribution < 1.29 is 43.9 Å². The molecular weight excluding hydrogens is 494 g/mol. The Morgan fingerprint density at radius 3 is 2.34 bits per heavy atom. The fourth-order valence-electron chi connectivity index (χ4n) is 4.67. The molecule has 0 spiro atoms. The van der Waals surface area contributed by atoms with Crippen molar-refractivity contribution in [2.75, 3.05) is 14.2 Å². The first-order valence-electron chi connectivity index (χ1n) is 11.7. The van der Waals surface area contributed by atoms with E-state index in [1.54, 1.807) is 25.3 Å². The van der Waals surface area contributed by atoms with Crippen LogP contribution in [0.25, 0.3) is 0 Å². The van der Waals surface area contributed by atoms with Gasteiger partial charge < -0.3 is 29.5 Å². The zero-order chi connectivity index (χ0) is 27.7. The van der Waals surface area contributed by atoms with E-state index in [-0.39, 0.29) is 41.0 Å². The predicted octanol–water partition coefficient (Wildman–Crippen LogP) is 3.81. The molecular formula is C28H27NO9. The van der Waals surface area contributed by atoms with E-state index in [1.165, 1.54) is 39.3 Å². The van der Waals surface area contributed by atoms with Gasteiger partial charge >= 0.3 is 11.9 Å². The molecule has 2 unspecified atom stereocenters. The van der Waals surface area contributed by atoms with E-state index in [2.05, 4.69) is 4.98 Å². The van der Waals surface area contributed by atoms with Crippen LogP contribution < -0.4 is 0 Å². The molecule has 4 rings (SSSR count). The Morgan fingerprint density at radius 2 is 1.74 bits per heavy atom. The van der Waals surface area contributed by atoms with E-state index in [0.29, 0.717) is 22.4 Å². The minimum Gasteiger partial charge on any atom is -0.507 e. The highest BCUT2D eigenvalue weighted by Gasteiger charge is 2.36. The standard InChI is InChI=1S/C28H27NO9/c1-13-24(32)22-17(11-29-13)12-38-27(22)20-9-18(14(2)30)25(33)23(26(20)34)19(10-21(31)36-3)15-5-7-16(8-6-15)28(35)37-4/h5-9,11,19,27,32-34H,10,12H2,1-4H3. The van der Waals surface area contributed by atoms with Crippen LogP contribution in [0.15, 0.2) is 36.5 Å². The highest BCUT2D eigenvalue weighted by atomic mass is 16.5. The number of esters is 2. The number of nitrogens with zero attached hydrogens (tertiary/aromatic N) is 1. The number of phenols is 2. The molecule has 3 aromatic rings. The number of aromatic hydroxyl groups is 3. The van der Waals surface area contributed by atoms with Crippen LogP contribution in [0.1, 0.15) is 79.6 Å². The van der Waals surface area contributed by atoms with Gasteiger partial charge in [0.25, 0.3) is 0 Å². The lowest BCUT2D eigenvalue weighted by molar-refractivity contribution is -0.140. The topological polar surface area (TPSA) is 152 Å². The van der Waals surface area contributed by atoms with Crippen molar-refractivity contribution in [1.82, 2.24) is 4.98 Å². The number of ketones is 1. The molecule has 2 heterocycles. The third-order valence-electron chi connectivity index (χ3n) is 6.71. The summed E-state index contributed by atoms with van der Waals surface area (Å²) in [6.45, 7) is 2.99. The first-order chi connectivity index (χ1) is 18.1. The van der Waals surface area contributed by atoms with E-state index in [9.17, 15) is 29.7 Å². The van der Waals surface area contributed by atoms with Crippen LogP contribution >= 0.6 is 0 Å². The predicted molar refractivity (Wildman–Crippen MR) is 133 cm³/mol. The number of Topliss-reactive ketones (excluding diaryl/α,β-unsaturated/α-hetero) is 1. The Labute approximate surface area is 218 Å². The molecule has 0 saturated carbocycles. The molecule has 38 heavy (non-hydrogen) atoms. The number of methoxy groups -OCH3 is 2. The molecule has 0 radical (unpaired) electrons. The Morgan fingerprint density at radius 1 is 1.05 bits per heavy atom. The van der Waals surface area contributed by atoms with Crippen molar-refractivity contribution in [2.24, 2.45) is 0 Å². The fourth-order valence-corrected chi connectivity index (χ4v) is 4.67. The molecule has 0 aliphatic carbocycles. The third-order valence-corrected chi connectivity index (χ3v) is 6.71. The summed E-state index contributed by atoms with van der Waals surface area (Å²) in [5.41, 5.74) is 2.02. The second kappa shape index (κ2) is 10.5. The first-order valence-corrected chi connectivity index (χ1v) is 11.7. The monoisotopic (exact) mass is 521 g/mol. The smallest absolute Gasteiger partial charge is 0.337 e. The molecule has 2 atom stereocenters. The molecule has 198 valence electrons. The summed E-state index contributed by atoms with van der Waals surface area (Å²) < 4.78 is 15.5. The van der Waals surface area contributed by atoms with Crippen LogP contribution in [0.2, 0.25) is 0 Å². The molecule has 1 aromatic heterocycles. The van der Waals surface area contributed by atoms with E-state index in [0.717, 1.165) is 0 Å². The van der Waals surface area contributed by atoms with Gasteiger partial charge in [0.15, 0.2) is 5.78 Å². The molecule has 0 fully saturated rings. The normalized spacial score (nSPS) is 15.0. The summed E-state index contributed by atoms with van der Waals surface area (Å²) >= 11 is 0. The number of hydrogen-bond acceptors (Lipinski definition) is 10. The molecule has 0 bridgehead atoms. The number of carbonyl (C=O) groups excluding carboxylic acids is 3. The average molecular weight is 522 g/mol. The van der Waals surface area contributed by atoms with Crippen molar-refractivity contribution in [2.45, 2.75) is 38.9 Å². The summed E-state index contributed by atoms with van der Waals surface area (Å²) in [7, 11) is 2.46. The van der Waals surface area contributed by atoms with Gasteiger partial charge in [-0.3, -0.25) is 14.6 Å². The maximum Gasteiger partial charge on any atom is 0.337 e. The van der Waals surface area contributed by atoms with Gasteiger partial charge in [0.2, 0.25) is 0 Å². The van der Waals surface area contributed by atoms with Crippen LogP contribution in [-0.4, -0.2) is 52.2 Å². The SMILES string of the molecule is COC(=O)CC(c1ccc(C(=O)OC)cc1)c1c(O)c(C(C)=O)cc(C2OCc3cnc(C)c(O)c32)c1O. The van der Waals surface area contributed by atoms with Crippen molar-refractivity contribution in [3.8, 4) is 17.2 Å². The number of carbonyl (C=O) groups is 3. The van der Waals surface area contributed by atoms with Gasteiger partial charge in [0.05, 0.1) is 44.1 Å². The van der Waals surface area contributed by atoms with E-state index < -0.39 is 41.2 Å². The van der Waals surface area contributed by atoms with Crippen LogP contribution in [0.3, 0.4) is 0 Å². The first kappa shape index (κ1) is 26.6. The van der Waals surface area contributed by atoms with Gasteiger partial charge in [-0.25, -0.2) is 4.79 Å². The minimum absolute atomic E-state index is 0.0914. The zero-order valence-corrected chi connectivity index (χ0v) is 21.3. The van der Waals surface area contributed by atoms with Crippen LogP contribution in [-0.2, 0) is 25.6 Å². The Balaban J connectivity index is 1.95. The molecule has 0 amide bonds. The van der Waals surface area contributed by atoms with Gasteiger partial charge in [-0.15, -0.1) is 0 Å². The quantitative estimate of drug-likeness (QED) is 0.309. The Hall–Kier alpha value is -4.44. The number of hydrogen-bond donors (Lipinski definition) is 3. The lowest BCUT2D eigenvalue weighted by atomic mass is 9.82. The highest BCUT2D eigenvalue weighted by Crippen LogP contribution is 2.50. The number of pyridine rings is 1. The van der Waals surface area contributed by atoms with E-state index in [1.807, 2.05) is 0 Å². The van der Waals surface area contributed by atoms with E-state index >= 15 is 0 Å². The third kappa shape index (κ3) is 4.66. The van der Waals surface area contributed by atoms with Crippen molar-refractivity contribution in [3.63, 3.8) is 0 Å². The maximum absolute atomic E-state index is 12.6.